The van der Waals surface area contributed by atoms with Gasteiger partial charge in [-0.05, 0) is 47.5 Å². The number of carbonyl (C=O) groups is 1. The summed E-state index contributed by atoms with van der Waals surface area (Å²) in [6, 6.07) is 25.4. The van der Waals surface area contributed by atoms with E-state index in [1.165, 1.54) is 0 Å². The molecular weight excluding hydrogens is 418 g/mol. The van der Waals surface area contributed by atoms with E-state index in [1.54, 1.807) is 18.0 Å². The molecule has 6 nitrogen and oxygen atoms in total. The molecule has 5 aromatic rings. The van der Waals surface area contributed by atoms with Gasteiger partial charge in [0.15, 0.2) is 5.16 Å². The second-order valence-corrected chi connectivity index (χ2v) is 8.33. The van der Waals surface area contributed by atoms with Gasteiger partial charge in [-0.3, -0.25) is 9.48 Å². The maximum Gasteiger partial charge on any atom is 0.255 e. The number of H-pyrrole nitrogens is 1. The van der Waals surface area contributed by atoms with Crippen molar-refractivity contribution >= 4 is 34.4 Å². The summed E-state index contributed by atoms with van der Waals surface area (Å²) in [5.74, 6) is 0.519. The number of carbonyl (C=O) groups excluding carboxylic acids is 1. The van der Waals surface area contributed by atoms with E-state index in [2.05, 4.69) is 20.4 Å². The van der Waals surface area contributed by atoms with E-state index in [-0.39, 0.29) is 5.91 Å². The van der Waals surface area contributed by atoms with Crippen molar-refractivity contribution in [1.29, 1.82) is 0 Å². The number of benzene rings is 3. The molecule has 0 atom stereocenters. The van der Waals surface area contributed by atoms with Crippen molar-refractivity contribution in [2.75, 3.05) is 5.32 Å². The second kappa shape index (κ2) is 9.11. The molecule has 0 aliphatic rings. The molecule has 0 fully saturated rings. The molecule has 0 aliphatic carbocycles. The Morgan fingerprint density at radius 2 is 1.88 bits per heavy atom. The average Bonchev–Trinajstić information content (AvgIpc) is 3.47. The van der Waals surface area contributed by atoms with Crippen LogP contribution >= 0.6 is 11.8 Å². The Kier molecular flexibility index (Phi) is 5.72. The minimum Gasteiger partial charge on any atom is -0.333 e. The summed E-state index contributed by atoms with van der Waals surface area (Å²) in [6.45, 7) is 0.654. The van der Waals surface area contributed by atoms with Crippen LogP contribution < -0.4 is 5.32 Å². The van der Waals surface area contributed by atoms with Gasteiger partial charge in [0.1, 0.15) is 0 Å². The highest BCUT2D eigenvalue weighted by Gasteiger charge is 2.13. The van der Waals surface area contributed by atoms with Gasteiger partial charge in [-0.2, -0.15) is 5.10 Å². The molecule has 5 rings (SSSR count). The summed E-state index contributed by atoms with van der Waals surface area (Å²) < 4.78 is 1.85. The molecule has 0 aliphatic heterocycles. The molecule has 0 saturated carbocycles. The van der Waals surface area contributed by atoms with Crippen LogP contribution in [-0.4, -0.2) is 25.7 Å². The fourth-order valence-corrected chi connectivity index (χ4v) is 4.43. The minimum atomic E-state index is -0.123. The first-order valence-electron chi connectivity index (χ1n) is 10.3. The van der Waals surface area contributed by atoms with Crippen molar-refractivity contribution in [3.8, 4) is 0 Å². The van der Waals surface area contributed by atoms with Gasteiger partial charge in [0.25, 0.3) is 5.91 Å². The predicted molar refractivity (Wildman–Crippen MR) is 128 cm³/mol. The third-order valence-electron chi connectivity index (χ3n) is 5.08. The van der Waals surface area contributed by atoms with Crippen LogP contribution in [0.1, 0.15) is 21.5 Å². The summed E-state index contributed by atoms with van der Waals surface area (Å²) in [6.07, 6.45) is 3.67. The molecule has 158 valence electrons. The monoisotopic (exact) mass is 439 g/mol. The fraction of sp³-hybridized carbons (Fsp3) is 0.0800. The minimum absolute atomic E-state index is 0.123. The van der Waals surface area contributed by atoms with E-state index in [0.717, 1.165) is 33.0 Å². The maximum atomic E-state index is 13.1. The van der Waals surface area contributed by atoms with Crippen LogP contribution in [0.25, 0.3) is 11.0 Å². The number of nitrogens with one attached hydrogen (secondary N) is 2. The van der Waals surface area contributed by atoms with Crippen molar-refractivity contribution in [2.45, 2.75) is 17.5 Å². The van der Waals surface area contributed by atoms with Crippen molar-refractivity contribution in [1.82, 2.24) is 19.7 Å². The van der Waals surface area contributed by atoms with Crippen molar-refractivity contribution in [3.05, 3.63) is 108 Å². The number of imidazole rings is 1. The number of para-hydroxylation sites is 2. The lowest BCUT2D eigenvalue weighted by Gasteiger charge is -2.11. The molecule has 0 unspecified atom stereocenters. The van der Waals surface area contributed by atoms with Crippen molar-refractivity contribution < 1.29 is 4.79 Å². The number of amides is 1. The summed E-state index contributed by atoms with van der Waals surface area (Å²) in [5.41, 5.74) is 5.41. The van der Waals surface area contributed by atoms with Crippen molar-refractivity contribution in [2.24, 2.45) is 0 Å². The van der Waals surface area contributed by atoms with Gasteiger partial charge < -0.3 is 10.3 Å². The lowest BCUT2D eigenvalue weighted by Crippen LogP contribution is -2.14. The number of aromatic nitrogens is 4. The first-order valence-corrected chi connectivity index (χ1v) is 11.3. The lowest BCUT2D eigenvalue weighted by molar-refractivity contribution is 0.102. The zero-order chi connectivity index (χ0) is 21.8. The van der Waals surface area contributed by atoms with Gasteiger partial charge in [-0.25, -0.2) is 4.98 Å². The van der Waals surface area contributed by atoms with Gasteiger partial charge in [0.2, 0.25) is 0 Å². The fourth-order valence-electron chi connectivity index (χ4n) is 3.54. The molecular formula is C25H21N5OS. The molecule has 2 N–H and O–H groups in total. The molecule has 0 spiro atoms. The van der Waals surface area contributed by atoms with Crippen LogP contribution in [0.4, 0.5) is 5.69 Å². The zero-order valence-electron chi connectivity index (χ0n) is 17.2. The Morgan fingerprint density at radius 3 is 2.75 bits per heavy atom. The van der Waals surface area contributed by atoms with Crippen LogP contribution in [0.3, 0.4) is 0 Å². The average molecular weight is 440 g/mol. The van der Waals surface area contributed by atoms with Gasteiger partial charge >= 0.3 is 0 Å². The Hall–Kier alpha value is -3.84. The summed E-state index contributed by atoms with van der Waals surface area (Å²) in [4.78, 5) is 21.0. The van der Waals surface area contributed by atoms with Crippen LogP contribution in [0.15, 0.2) is 96.4 Å². The molecule has 7 heteroatoms. The third-order valence-corrected chi connectivity index (χ3v) is 6.00. The molecule has 2 heterocycles. The van der Waals surface area contributed by atoms with E-state index in [9.17, 15) is 4.79 Å². The first kappa shape index (κ1) is 20.1. The molecule has 2 aromatic heterocycles. The summed E-state index contributed by atoms with van der Waals surface area (Å²) in [7, 11) is 0. The number of thioether (sulfide) groups is 1. The van der Waals surface area contributed by atoms with Gasteiger partial charge in [0, 0.05) is 29.4 Å². The van der Waals surface area contributed by atoms with E-state index in [4.69, 9.17) is 0 Å². The normalized spacial score (nSPS) is 11.0. The number of hydrogen-bond acceptors (Lipinski definition) is 4. The second-order valence-electron chi connectivity index (χ2n) is 7.36. The molecule has 1 amide bonds. The topological polar surface area (TPSA) is 75.6 Å². The molecule has 3 aromatic carbocycles. The van der Waals surface area contributed by atoms with E-state index < -0.39 is 0 Å². The van der Waals surface area contributed by atoms with Gasteiger partial charge in [0.05, 0.1) is 17.6 Å². The van der Waals surface area contributed by atoms with Crippen molar-refractivity contribution in [3.63, 3.8) is 0 Å². The number of aromatic amines is 1. The van der Waals surface area contributed by atoms with Crippen LogP contribution in [-0.2, 0) is 12.3 Å². The lowest BCUT2D eigenvalue weighted by atomic mass is 10.1. The first-order chi connectivity index (χ1) is 15.7. The summed E-state index contributed by atoms with van der Waals surface area (Å²) >= 11 is 1.59. The maximum absolute atomic E-state index is 13.1. The highest BCUT2D eigenvalue weighted by atomic mass is 32.2. The number of anilines is 1. The number of hydrogen-bond donors (Lipinski definition) is 2. The SMILES string of the molecule is O=C(Nc1cccc(Cn2cccn2)c1)c1ccccc1CSc1nc2ccccc2[nH]1. The van der Waals surface area contributed by atoms with Crippen LogP contribution in [0.2, 0.25) is 0 Å². The number of rotatable bonds is 7. The predicted octanol–water partition coefficient (Wildman–Crippen LogP) is 5.35. The Balaban J connectivity index is 1.29. The zero-order valence-corrected chi connectivity index (χ0v) is 18.0. The third kappa shape index (κ3) is 4.58. The van der Waals surface area contributed by atoms with Crippen LogP contribution in [0.5, 0.6) is 0 Å². The Bertz CT molecular complexity index is 1330. The van der Waals surface area contributed by atoms with Gasteiger partial charge in [-0.15, -0.1) is 0 Å². The highest BCUT2D eigenvalue weighted by Crippen LogP contribution is 2.25. The number of fused-ring (bicyclic) bond motifs is 1. The van der Waals surface area contributed by atoms with E-state index in [0.29, 0.717) is 17.9 Å². The summed E-state index contributed by atoms with van der Waals surface area (Å²) in [5, 5.41) is 8.12. The molecule has 0 bridgehead atoms. The van der Waals surface area contributed by atoms with E-state index in [1.807, 2.05) is 89.7 Å². The van der Waals surface area contributed by atoms with E-state index >= 15 is 0 Å². The van der Waals surface area contributed by atoms with Gasteiger partial charge in [-0.1, -0.05) is 54.2 Å². The van der Waals surface area contributed by atoms with Crippen LogP contribution in [0, 0.1) is 0 Å². The molecule has 0 saturated heterocycles. The standard InChI is InChI=1S/C25H21N5OS/c31-24(27-20-9-5-7-18(15-20)16-30-14-6-13-26-30)21-10-2-1-8-19(21)17-32-25-28-22-11-3-4-12-23(22)29-25/h1-15H,16-17H2,(H,27,31)(H,28,29). The molecule has 0 radical (unpaired) electrons. The Labute approximate surface area is 189 Å². The smallest absolute Gasteiger partial charge is 0.255 e. The Morgan fingerprint density at radius 1 is 1.00 bits per heavy atom. The quantitative estimate of drug-likeness (QED) is 0.335. The largest absolute Gasteiger partial charge is 0.333 e. The highest BCUT2D eigenvalue weighted by molar-refractivity contribution is 7.98. The number of nitrogens with zero attached hydrogens (tertiary/aromatic N) is 3. The molecule has 32 heavy (non-hydrogen) atoms.